The van der Waals surface area contributed by atoms with Gasteiger partial charge in [-0.15, -0.1) is 6.42 Å². The summed E-state index contributed by atoms with van der Waals surface area (Å²) in [5.41, 5.74) is 1.13. The van der Waals surface area contributed by atoms with E-state index >= 15 is 0 Å². The van der Waals surface area contributed by atoms with Crippen LogP contribution in [0.15, 0.2) is 24.3 Å². The highest BCUT2D eigenvalue weighted by atomic mass is 16.2. The number of amides is 2. The fourth-order valence-electron chi connectivity index (χ4n) is 1.24. The summed E-state index contributed by atoms with van der Waals surface area (Å²) < 4.78 is 0. The van der Waals surface area contributed by atoms with Gasteiger partial charge in [0.1, 0.15) is 0 Å². The maximum Gasteiger partial charge on any atom is 0.322 e. The summed E-state index contributed by atoms with van der Waals surface area (Å²) in [6.07, 6.45) is 5.11. The molecule has 0 saturated heterocycles. The number of hydrogen-bond acceptors (Lipinski definition) is 2. The van der Waals surface area contributed by atoms with Crippen LogP contribution in [0.4, 0.5) is 10.5 Å². The maximum absolute atomic E-state index is 11.6. The average Bonchev–Trinajstić information content (AvgIpc) is 2.29. The molecule has 1 rings (SSSR count). The van der Waals surface area contributed by atoms with Crippen LogP contribution in [-0.2, 0) is 0 Å². The van der Waals surface area contributed by atoms with E-state index in [4.69, 9.17) is 6.42 Å². The van der Waals surface area contributed by atoms with E-state index in [1.54, 1.807) is 31.3 Å². The van der Waals surface area contributed by atoms with Crippen molar-refractivity contribution in [3.63, 3.8) is 0 Å². The number of nitrogens with zero attached hydrogens (tertiary/aromatic N) is 1. The third-order valence-electron chi connectivity index (χ3n) is 2.20. The van der Waals surface area contributed by atoms with Crippen LogP contribution < -0.4 is 5.32 Å². The summed E-state index contributed by atoms with van der Waals surface area (Å²) in [6.45, 7) is 1.71. The second kappa shape index (κ2) is 5.71. The third kappa shape index (κ3) is 3.65. The summed E-state index contributed by atoms with van der Waals surface area (Å²) in [5, 5.41) is 2.66. The van der Waals surface area contributed by atoms with Crippen molar-refractivity contribution in [2.24, 2.45) is 0 Å². The highest BCUT2D eigenvalue weighted by Crippen LogP contribution is 2.11. The highest BCUT2D eigenvalue weighted by molar-refractivity contribution is 5.96. The zero-order valence-corrected chi connectivity index (χ0v) is 9.86. The zero-order valence-electron chi connectivity index (χ0n) is 9.86. The van der Waals surface area contributed by atoms with Crippen molar-refractivity contribution in [2.45, 2.75) is 6.92 Å². The number of terminal acetylenes is 1. The van der Waals surface area contributed by atoms with Crippen molar-refractivity contribution < 1.29 is 9.59 Å². The molecule has 0 aliphatic heterocycles. The van der Waals surface area contributed by atoms with Gasteiger partial charge in [0.15, 0.2) is 5.78 Å². The lowest BCUT2D eigenvalue weighted by atomic mass is 10.1. The van der Waals surface area contributed by atoms with Crippen molar-refractivity contribution in [1.82, 2.24) is 4.90 Å². The van der Waals surface area contributed by atoms with Gasteiger partial charge in [-0.1, -0.05) is 18.1 Å². The summed E-state index contributed by atoms with van der Waals surface area (Å²) >= 11 is 0. The number of benzene rings is 1. The molecule has 0 bridgehead atoms. The van der Waals surface area contributed by atoms with E-state index in [0.717, 1.165) is 0 Å². The number of urea groups is 1. The number of ketones is 1. The van der Waals surface area contributed by atoms with E-state index in [9.17, 15) is 9.59 Å². The van der Waals surface area contributed by atoms with E-state index in [1.165, 1.54) is 11.8 Å². The van der Waals surface area contributed by atoms with Crippen LogP contribution in [0.5, 0.6) is 0 Å². The summed E-state index contributed by atoms with van der Waals surface area (Å²) in [5.74, 6) is 2.33. The standard InChI is InChI=1S/C13H14N2O2/c1-4-8-15(3)13(17)14-12-7-5-6-11(9-12)10(2)16/h1,5-7,9H,8H2,2-3H3,(H,14,17). The van der Waals surface area contributed by atoms with Gasteiger partial charge in [-0.3, -0.25) is 4.79 Å². The minimum absolute atomic E-state index is 0.0434. The van der Waals surface area contributed by atoms with Crippen LogP contribution in [0.25, 0.3) is 0 Å². The average molecular weight is 230 g/mol. The fourth-order valence-corrected chi connectivity index (χ4v) is 1.24. The largest absolute Gasteiger partial charge is 0.322 e. The molecule has 0 saturated carbocycles. The number of Topliss-reactive ketones (excluding diaryl/α,β-unsaturated/α-hetero) is 1. The predicted octanol–water partition coefficient (Wildman–Crippen LogP) is 1.99. The molecular weight excluding hydrogens is 216 g/mol. The van der Waals surface area contributed by atoms with Gasteiger partial charge in [0, 0.05) is 18.3 Å². The Balaban J connectivity index is 2.75. The van der Waals surface area contributed by atoms with Gasteiger partial charge < -0.3 is 10.2 Å². The molecule has 4 nitrogen and oxygen atoms in total. The molecule has 1 N–H and O–H groups in total. The topological polar surface area (TPSA) is 49.4 Å². The van der Waals surface area contributed by atoms with Gasteiger partial charge in [0.2, 0.25) is 0 Å². The number of rotatable bonds is 3. The molecule has 1 aromatic rings. The quantitative estimate of drug-likeness (QED) is 0.637. The SMILES string of the molecule is C#CCN(C)C(=O)Nc1cccc(C(C)=O)c1. The molecule has 0 aliphatic carbocycles. The van der Waals surface area contributed by atoms with E-state index < -0.39 is 0 Å². The Hall–Kier alpha value is -2.28. The lowest BCUT2D eigenvalue weighted by Crippen LogP contribution is -2.31. The molecular formula is C13H14N2O2. The molecule has 0 fully saturated rings. The van der Waals surface area contributed by atoms with Gasteiger partial charge in [0.25, 0.3) is 0 Å². The second-order valence-electron chi connectivity index (χ2n) is 3.63. The maximum atomic E-state index is 11.6. The lowest BCUT2D eigenvalue weighted by molar-refractivity contribution is 0.101. The Morgan fingerprint density at radius 3 is 2.76 bits per heavy atom. The minimum Gasteiger partial charge on any atom is -0.316 e. The van der Waals surface area contributed by atoms with Crippen molar-refractivity contribution in [2.75, 3.05) is 18.9 Å². The third-order valence-corrected chi connectivity index (χ3v) is 2.20. The lowest BCUT2D eigenvalue weighted by Gasteiger charge is -2.15. The van der Waals surface area contributed by atoms with Gasteiger partial charge >= 0.3 is 6.03 Å². The monoisotopic (exact) mass is 230 g/mol. The first-order chi connectivity index (χ1) is 8.04. The predicted molar refractivity (Wildman–Crippen MR) is 66.9 cm³/mol. The first kappa shape index (κ1) is 12.8. The number of hydrogen-bond donors (Lipinski definition) is 1. The fraction of sp³-hybridized carbons (Fsp3) is 0.231. The second-order valence-corrected chi connectivity index (χ2v) is 3.63. The molecule has 0 atom stereocenters. The van der Waals surface area contributed by atoms with Gasteiger partial charge in [0.05, 0.1) is 6.54 Å². The van der Waals surface area contributed by atoms with E-state index in [0.29, 0.717) is 11.3 Å². The molecule has 4 heteroatoms. The summed E-state index contributed by atoms with van der Waals surface area (Å²) in [4.78, 5) is 24.2. The van der Waals surface area contributed by atoms with Crippen LogP contribution in [0.3, 0.4) is 0 Å². The molecule has 0 aliphatic rings. The molecule has 0 spiro atoms. The van der Waals surface area contributed by atoms with Crippen molar-refractivity contribution in [1.29, 1.82) is 0 Å². The summed E-state index contributed by atoms with van der Waals surface area (Å²) in [7, 11) is 1.60. The highest BCUT2D eigenvalue weighted by Gasteiger charge is 2.08. The minimum atomic E-state index is -0.302. The van der Waals surface area contributed by atoms with Gasteiger partial charge in [-0.05, 0) is 19.1 Å². The molecule has 17 heavy (non-hydrogen) atoms. The van der Waals surface area contributed by atoms with E-state index in [1.807, 2.05) is 0 Å². The normalized spacial score (nSPS) is 9.24. The van der Waals surface area contributed by atoms with Crippen molar-refractivity contribution >= 4 is 17.5 Å². The Bertz CT molecular complexity index is 475. The van der Waals surface area contributed by atoms with Gasteiger partial charge in [-0.25, -0.2) is 4.79 Å². The van der Waals surface area contributed by atoms with Crippen LogP contribution >= 0.6 is 0 Å². The first-order valence-electron chi connectivity index (χ1n) is 5.11. The Labute approximate surface area is 101 Å². The molecule has 1 aromatic carbocycles. The van der Waals surface area contributed by atoms with Crippen LogP contribution in [0.2, 0.25) is 0 Å². The van der Waals surface area contributed by atoms with E-state index in [2.05, 4.69) is 11.2 Å². The van der Waals surface area contributed by atoms with Crippen molar-refractivity contribution in [3.05, 3.63) is 29.8 Å². The van der Waals surface area contributed by atoms with Crippen LogP contribution in [0.1, 0.15) is 17.3 Å². The molecule has 0 aromatic heterocycles. The smallest absolute Gasteiger partial charge is 0.316 e. The Kier molecular flexibility index (Phi) is 4.29. The van der Waals surface area contributed by atoms with Gasteiger partial charge in [-0.2, -0.15) is 0 Å². The molecule has 0 heterocycles. The number of anilines is 1. The Morgan fingerprint density at radius 1 is 1.47 bits per heavy atom. The zero-order chi connectivity index (χ0) is 12.8. The first-order valence-corrected chi connectivity index (χ1v) is 5.11. The molecule has 2 amide bonds. The van der Waals surface area contributed by atoms with Crippen LogP contribution in [-0.4, -0.2) is 30.3 Å². The molecule has 0 radical (unpaired) electrons. The number of carbonyl (C=O) groups excluding carboxylic acids is 2. The van der Waals surface area contributed by atoms with Crippen LogP contribution in [0, 0.1) is 12.3 Å². The van der Waals surface area contributed by atoms with E-state index in [-0.39, 0.29) is 18.4 Å². The van der Waals surface area contributed by atoms with Crippen molar-refractivity contribution in [3.8, 4) is 12.3 Å². The number of nitrogens with one attached hydrogen (secondary N) is 1. The Morgan fingerprint density at radius 2 is 2.18 bits per heavy atom. The summed E-state index contributed by atoms with van der Waals surface area (Å²) in [6, 6.07) is 6.46. The number of carbonyl (C=O) groups is 2. The molecule has 88 valence electrons. The molecule has 0 unspecified atom stereocenters.